The van der Waals surface area contributed by atoms with Crippen LogP contribution in [-0.2, 0) is 23.9 Å². The Hall–Kier alpha value is -0.720. The molecule has 4 N–H and O–H groups in total. The SMILES string of the molecule is CC(C)(Br)C(=O)NCC(CNC(=O)C(C)(C)Br)(CNC(=O)C(C)(C)Br)COCC(=O)O. The topological polar surface area (TPSA) is 134 Å². The maximum absolute atomic E-state index is 12.4. The highest BCUT2D eigenvalue weighted by atomic mass is 79.9. The van der Waals surface area contributed by atoms with Gasteiger partial charge in [-0.2, -0.15) is 0 Å². The first kappa shape index (κ1) is 30.3. The standard InChI is InChI=1S/C19H32Br3N3O6/c1-16(2,20)13(28)23-8-19(11-31-7-12(26)27,9-24-14(29)17(3,4)21)10-25-15(30)18(5,6)22/h7-11H2,1-6H3,(H,23,28)(H,24,29)(H,25,30)(H,26,27). The molecule has 0 heterocycles. The molecule has 0 radical (unpaired) electrons. The van der Waals surface area contributed by atoms with Gasteiger partial charge in [-0.25, -0.2) is 4.79 Å². The first-order valence-corrected chi connectivity index (χ1v) is 11.9. The predicted molar refractivity (Wildman–Crippen MR) is 129 cm³/mol. The maximum atomic E-state index is 12.4. The summed E-state index contributed by atoms with van der Waals surface area (Å²) in [5.41, 5.74) is -1.01. The van der Waals surface area contributed by atoms with E-state index < -0.39 is 31.0 Å². The van der Waals surface area contributed by atoms with Crippen LogP contribution in [0.15, 0.2) is 0 Å². The molecule has 180 valence electrons. The molecule has 0 aromatic carbocycles. The van der Waals surface area contributed by atoms with Crippen LogP contribution >= 0.6 is 47.8 Å². The van der Waals surface area contributed by atoms with Crippen LogP contribution in [0.2, 0.25) is 0 Å². The average Bonchev–Trinajstić information content (AvgIpc) is 2.58. The van der Waals surface area contributed by atoms with E-state index in [1.807, 2.05) is 0 Å². The molecule has 0 aliphatic heterocycles. The largest absolute Gasteiger partial charge is 0.480 e. The Morgan fingerprint density at radius 2 is 1.00 bits per heavy atom. The molecule has 0 saturated heterocycles. The van der Waals surface area contributed by atoms with Crippen LogP contribution in [0.1, 0.15) is 41.5 Å². The number of hydrogen-bond acceptors (Lipinski definition) is 5. The molecular formula is C19H32Br3N3O6. The molecule has 0 aromatic heterocycles. The summed E-state index contributed by atoms with van der Waals surface area (Å²) in [4.78, 5) is 48.1. The number of carbonyl (C=O) groups excluding carboxylic acids is 3. The Bertz CT molecular complexity index is 592. The molecule has 0 aromatic rings. The van der Waals surface area contributed by atoms with Gasteiger partial charge < -0.3 is 25.8 Å². The number of hydrogen-bond donors (Lipinski definition) is 4. The normalized spacial score (nSPS) is 12.8. The quantitative estimate of drug-likeness (QED) is 0.228. The third kappa shape index (κ3) is 12.2. The number of amides is 3. The summed E-state index contributed by atoms with van der Waals surface area (Å²) < 4.78 is 2.79. The molecule has 0 aliphatic carbocycles. The van der Waals surface area contributed by atoms with Crippen molar-refractivity contribution in [1.29, 1.82) is 0 Å². The van der Waals surface area contributed by atoms with Gasteiger partial charge in [0.2, 0.25) is 17.7 Å². The van der Waals surface area contributed by atoms with Crippen molar-refractivity contribution in [3.8, 4) is 0 Å². The number of ether oxygens (including phenoxy) is 1. The molecule has 0 atom stereocenters. The van der Waals surface area contributed by atoms with E-state index in [-0.39, 0.29) is 44.0 Å². The molecule has 0 rings (SSSR count). The summed E-state index contributed by atoms with van der Waals surface area (Å²) >= 11 is 9.86. The van der Waals surface area contributed by atoms with Gasteiger partial charge in [0.1, 0.15) is 6.61 Å². The van der Waals surface area contributed by atoms with Crippen molar-refractivity contribution in [3.63, 3.8) is 0 Å². The number of halogens is 3. The van der Waals surface area contributed by atoms with Gasteiger partial charge >= 0.3 is 5.97 Å². The number of carbonyl (C=O) groups is 4. The van der Waals surface area contributed by atoms with Crippen LogP contribution in [0.3, 0.4) is 0 Å². The van der Waals surface area contributed by atoms with E-state index in [2.05, 4.69) is 63.7 Å². The molecule has 0 unspecified atom stereocenters. The number of nitrogens with one attached hydrogen (secondary N) is 3. The van der Waals surface area contributed by atoms with Gasteiger partial charge in [0.15, 0.2) is 0 Å². The van der Waals surface area contributed by atoms with E-state index in [1.165, 1.54) is 0 Å². The van der Waals surface area contributed by atoms with Crippen LogP contribution in [0, 0.1) is 5.41 Å². The predicted octanol–water partition coefficient (Wildman–Crippen LogP) is 1.94. The van der Waals surface area contributed by atoms with Gasteiger partial charge in [-0.1, -0.05) is 47.8 Å². The van der Waals surface area contributed by atoms with Crippen molar-refractivity contribution in [1.82, 2.24) is 16.0 Å². The van der Waals surface area contributed by atoms with E-state index in [0.29, 0.717) is 0 Å². The second kappa shape index (κ2) is 11.9. The molecule has 0 spiro atoms. The van der Waals surface area contributed by atoms with E-state index in [0.717, 1.165) is 0 Å². The molecule has 0 saturated carbocycles. The van der Waals surface area contributed by atoms with Gasteiger partial charge in [0.25, 0.3) is 0 Å². The van der Waals surface area contributed by atoms with Crippen LogP contribution in [0.4, 0.5) is 0 Å². The Labute approximate surface area is 208 Å². The molecule has 31 heavy (non-hydrogen) atoms. The molecular weight excluding hydrogens is 606 g/mol. The zero-order chi connectivity index (χ0) is 24.7. The minimum Gasteiger partial charge on any atom is -0.480 e. The molecule has 0 bridgehead atoms. The number of aliphatic carboxylic acids is 1. The van der Waals surface area contributed by atoms with Gasteiger partial charge in [-0.3, -0.25) is 14.4 Å². The van der Waals surface area contributed by atoms with Gasteiger partial charge in [0, 0.05) is 25.0 Å². The summed E-state index contributed by atoms with van der Waals surface area (Å²) in [6, 6.07) is 0. The van der Waals surface area contributed by atoms with Crippen LogP contribution in [-0.4, -0.2) is 74.6 Å². The summed E-state index contributed by atoms with van der Waals surface area (Å²) in [5.74, 6) is -2.09. The lowest BCUT2D eigenvalue weighted by Crippen LogP contribution is -2.57. The summed E-state index contributed by atoms with van der Waals surface area (Å²) in [6.45, 7) is 9.42. The fourth-order valence-electron chi connectivity index (χ4n) is 2.13. The number of carboxylic acid groups (broad SMARTS) is 1. The van der Waals surface area contributed by atoms with Gasteiger partial charge in [0.05, 0.1) is 19.6 Å². The highest BCUT2D eigenvalue weighted by Crippen LogP contribution is 2.22. The minimum absolute atomic E-state index is 0.0203. The summed E-state index contributed by atoms with van der Waals surface area (Å²) in [7, 11) is 0. The van der Waals surface area contributed by atoms with Gasteiger partial charge in [-0.05, 0) is 41.5 Å². The average molecular weight is 638 g/mol. The van der Waals surface area contributed by atoms with Crippen molar-refractivity contribution in [2.75, 3.05) is 32.8 Å². The minimum atomic E-state index is -1.16. The maximum Gasteiger partial charge on any atom is 0.329 e. The number of carboxylic acids is 1. The molecule has 0 fully saturated rings. The Kier molecular flexibility index (Phi) is 11.7. The second-order valence-corrected chi connectivity index (χ2v) is 14.8. The molecule has 9 nitrogen and oxygen atoms in total. The zero-order valence-electron chi connectivity index (χ0n) is 18.7. The van der Waals surface area contributed by atoms with Crippen molar-refractivity contribution in [2.45, 2.75) is 54.5 Å². The highest BCUT2D eigenvalue weighted by molar-refractivity contribution is 9.10. The third-order valence-corrected chi connectivity index (χ3v) is 5.21. The van der Waals surface area contributed by atoms with Crippen molar-refractivity contribution >= 4 is 71.5 Å². The lowest BCUT2D eigenvalue weighted by atomic mass is 9.87. The molecule has 0 aliphatic rings. The summed E-state index contributed by atoms with van der Waals surface area (Å²) in [5, 5.41) is 17.3. The van der Waals surface area contributed by atoms with E-state index in [4.69, 9.17) is 9.84 Å². The van der Waals surface area contributed by atoms with Crippen LogP contribution < -0.4 is 16.0 Å². The molecule has 12 heteroatoms. The van der Waals surface area contributed by atoms with E-state index in [9.17, 15) is 19.2 Å². The van der Waals surface area contributed by atoms with Crippen molar-refractivity contribution in [3.05, 3.63) is 0 Å². The Balaban J connectivity index is 5.75. The van der Waals surface area contributed by atoms with E-state index >= 15 is 0 Å². The number of rotatable bonds is 13. The third-order valence-electron chi connectivity index (χ3n) is 4.13. The number of alkyl halides is 3. The Morgan fingerprint density at radius 3 is 1.23 bits per heavy atom. The van der Waals surface area contributed by atoms with Gasteiger partial charge in [-0.15, -0.1) is 0 Å². The first-order valence-electron chi connectivity index (χ1n) is 9.51. The van der Waals surface area contributed by atoms with Crippen LogP contribution in [0.5, 0.6) is 0 Å². The smallest absolute Gasteiger partial charge is 0.329 e. The Morgan fingerprint density at radius 1 is 0.710 bits per heavy atom. The molecule has 3 amide bonds. The van der Waals surface area contributed by atoms with Crippen molar-refractivity contribution in [2.24, 2.45) is 5.41 Å². The monoisotopic (exact) mass is 635 g/mol. The van der Waals surface area contributed by atoms with E-state index in [1.54, 1.807) is 41.5 Å². The highest BCUT2D eigenvalue weighted by Gasteiger charge is 2.37. The zero-order valence-corrected chi connectivity index (χ0v) is 23.4. The second-order valence-electron chi connectivity index (χ2n) is 8.85. The fraction of sp³-hybridized carbons (Fsp3) is 0.789. The van der Waals surface area contributed by atoms with Crippen molar-refractivity contribution < 1.29 is 29.0 Å². The lowest BCUT2D eigenvalue weighted by Gasteiger charge is -2.36. The van der Waals surface area contributed by atoms with Crippen LogP contribution in [0.25, 0.3) is 0 Å². The lowest BCUT2D eigenvalue weighted by molar-refractivity contribution is -0.144. The first-order chi connectivity index (χ1) is 13.8. The fourth-order valence-corrected chi connectivity index (χ4v) is 2.55. The summed E-state index contributed by atoms with van der Waals surface area (Å²) in [6.07, 6.45) is 0.